The van der Waals surface area contributed by atoms with Crippen molar-refractivity contribution in [2.75, 3.05) is 35.7 Å². The van der Waals surface area contributed by atoms with Crippen molar-refractivity contribution in [2.24, 2.45) is 0 Å². The molecule has 1 unspecified atom stereocenters. The number of nitrogens with one attached hydrogen (secondary N) is 1. The van der Waals surface area contributed by atoms with E-state index in [0.717, 1.165) is 18.2 Å². The van der Waals surface area contributed by atoms with Crippen LogP contribution in [0.15, 0.2) is 6.07 Å². The molecule has 0 spiro atoms. The molecule has 1 aliphatic heterocycles. The molecule has 1 fully saturated rings. The molecule has 6 heteroatoms. The number of hydrogen-bond acceptors (Lipinski definition) is 6. The maximum absolute atomic E-state index is 5.42. The second-order valence-corrected chi connectivity index (χ2v) is 6.58. The Bertz CT molecular complexity index is 384. The van der Waals surface area contributed by atoms with Crippen LogP contribution >= 0.6 is 23.5 Å². The number of ether oxygens (including phenoxy) is 1. The average Bonchev–Trinajstić information content (AvgIpc) is 2.37. The summed E-state index contributed by atoms with van der Waals surface area (Å²) in [6, 6.07) is 1.87. The minimum atomic E-state index is 0.630. The van der Waals surface area contributed by atoms with Crippen molar-refractivity contribution in [1.29, 1.82) is 0 Å². The van der Waals surface area contributed by atoms with E-state index in [1.165, 1.54) is 17.3 Å². The van der Waals surface area contributed by atoms with Gasteiger partial charge in [0.25, 0.3) is 0 Å². The lowest BCUT2D eigenvalue weighted by atomic mass is 10.4. The van der Waals surface area contributed by atoms with Crippen LogP contribution in [0.5, 0.6) is 5.88 Å². The molecule has 1 N–H and O–H groups in total. The van der Waals surface area contributed by atoms with E-state index in [1.54, 1.807) is 0 Å². The average molecular weight is 285 g/mol. The van der Waals surface area contributed by atoms with Crippen LogP contribution in [-0.2, 0) is 0 Å². The van der Waals surface area contributed by atoms with Gasteiger partial charge in [-0.25, -0.2) is 4.98 Å². The highest BCUT2D eigenvalue weighted by molar-refractivity contribution is 8.06. The highest BCUT2D eigenvalue weighted by Gasteiger charge is 2.14. The summed E-state index contributed by atoms with van der Waals surface area (Å²) in [7, 11) is 0. The summed E-state index contributed by atoms with van der Waals surface area (Å²) < 4.78 is 5.42. The normalized spacial score (nSPS) is 19.6. The third-order valence-corrected chi connectivity index (χ3v) is 5.35. The Morgan fingerprint density at radius 2 is 2.33 bits per heavy atom. The first-order valence-corrected chi connectivity index (χ1v) is 8.40. The molecule has 0 aromatic carbocycles. The molecule has 1 saturated heterocycles. The minimum absolute atomic E-state index is 0.630. The van der Waals surface area contributed by atoms with Gasteiger partial charge in [0.05, 0.1) is 6.61 Å². The number of nitrogens with zero attached hydrogens (tertiary/aromatic N) is 2. The molecule has 4 nitrogen and oxygen atoms in total. The molecule has 0 saturated carbocycles. The fourth-order valence-corrected chi connectivity index (χ4v) is 4.34. The first-order valence-electron chi connectivity index (χ1n) is 6.19. The summed E-state index contributed by atoms with van der Waals surface area (Å²) in [4.78, 5) is 8.62. The Hall–Kier alpha value is -0.620. The van der Waals surface area contributed by atoms with Crippen LogP contribution in [0.4, 0.5) is 5.82 Å². The zero-order chi connectivity index (χ0) is 12.8. The second-order valence-electron chi connectivity index (χ2n) is 4.02. The Balaban J connectivity index is 1.91. The Labute approximate surface area is 117 Å². The lowest BCUT2D eigenvalue weighted by Gasteiger charge is -2.21. The van der Waals surface area contributed by atoms with Crippen LogP contribution in [0, 0.1) is 6.92 Å². The summed E-state index contributed by atoms with van der Waals surface area (Å²) in [6.07, 6.45) is 0. The third kappa shape index (κ3) is 4.24. The second kappa shape index (κ2) is 7.09. The predicted molar refractivity (Wildman–Crippen MR) is 80.0 cm³/mol. The molecule has 1 atom stereocenters. The monoisotopic (exact) mass is 285 g/mol. The quantitative estimate of drug-likeness (QED) is 0.896. The zero-order valence-electron chi connectivity index (χ0n) is 10.8. The third-order valence-electron chi connectivity index (χ3n) is 2.50. The molecule has 100 valence electrons. The summed E-state index contributed by atoms with van der Waals surface area (Å²) in [5.74, 6) is 6.02. The number of anilines is 1. The summed E-state index contributed by atoms with van der Waals surface area (Å²) in [5, 5.41) is 4.06. The van der Waals surface area contributed by atoms with Gasteiger partial charge in [0.1, 0.15) is 11.6 Å². The highest BCUT2D eigenvalue weighted by atomic mass is 32.2. The highest BCUT2D eigenvalue weighted by Crippen LogP contribution is 2.24. The number of rotatable bonds is 5. The zero-order valence-corrected chi connectivity index (χ0v) is 12.4. The van der Waals surface area contributed by atoms with Gasteiger partial charge in [-0.3, -0.25) is 0 Å². The molecule has 2 heterocycles. The standard InChI is InChI=1S/C12H19N3OS2/c1-3-16-12-6-11(14-9(2)15-12)13-7-10-8-17-4-5-18-10/h6,10H,3-5,7-8H2,1-2H3,(H,13,14,15). The Kier molecular flexibility index (Phi) is 5.44. The molecule has 0 amide bonds. The maximum Gasteiger partial charge on any atom is 0.218 e. The largest absolute Gasteiger partial charge is 0.478 e. The van der Waals surface area contributed by atoms with Crippen molar-refractivity contribution in [3.63, 3.8) is 0 Å². The van der Waals surface area contributed by atoms with Crippen LogP contribution in [-0.4, -0.2) is 45.6 Å². The number of thioether (sulfide) groups is 2. The summed E-state index contributed by atoms with van der Waals surface area (Å²) in [6.45, 7) is 5.43. The smallest absolute Gasteiger partial charge is 0.218 e. The van der Waals surface area contributed by atoms with Crippen LogP contribution in [0.25, 0.3) is 0 Å². The van der Waals surface area contributed by atoms with Crippen molar-refractivity contribution < 1.29 is 4.74 Å². The molecule has 18 heavy (non-hydrogen) atoms. The van der Waals surface area contributed by atoms with Crippen LogP contribution < -0.4 is 10.1 Å². The van der Waals surface area contributed by atoms with Gasteiger partial charge in [-0.1, -0.05) is 0 Å². The maximum atomic E-state index is 5.42. The van der Waals surface area contributed by atoms with Crippen molar-refractivity contribution >= 4 is 29.3 Å². The molecule has 1 aromatic rings. The molecular formula is C12H19N3OS2. The molecular weight excluding hydrogens is 266 g/mol. The van der Waals surface area contributed by atoms with E-state index < -0.39 is 0 Å². The van der Waals surface area contributed by atoms with Gasteiger partial charge in [0, 0.05) is 35.1 Å². The number of aromatic nitrogens is 2. The Morgan fingerprint density at radius 1 is 1.44 bits per heavy atom. The van der Waals surface area contributed by atoms with Crippen molar-refractivity contribution in [3.8, 4) is 5.88 Å². The van der Waals surface area contributed by atoms with E-state index in [9.17, 15) is 0 Å². The molecule has 2 rings (SSSR count). The lowest BCUT2D eigenvalue weighted by molar-refractivity contribution is 0.325. The Morgan fingerprint density at radius 3 is 3.06 bits per heavy atom. The van der Waals surface area contributed by atoms with Crippen molar-refractivity contribution in [3.05, 3.63) is 11.9 Å². The van der Waals surface area contributed by atoms with Crippen LogP contribution in [0.1, 0.15) is 12.7 Å². The van der Waals surface area contributed by atoms with E-state index in [4.69, 9.17) is 4.74 Å². The molecule has 0 aliphatic carbocycles. The van der Waals surface area contributed by atoms with E-state index in [0.29, 0.717) is 17.7 Å². The molecule has 1 aromatic heterocycles. The van der Waals surface area contributed by atoms with Crippen LogP contribution in [0.2, 0.25) is 0 Å². The minimum Gasteiger partial charge on any atom is -0.478 e. The number of hydrogen-bond donors (Lipinski definition) is 1. The fraction of sp³-hybridized carbons (Fsp3) is 0.667. The van der Waals surface area contributed by atoms with Crippen molar-refractivity contribution in [1.82, 2.24) is 9.97 Å². The summed E-state index contributed by atoms with van der Waals surface area (Å²) in [5.41, 5.74) is 0. The first kappa shape index (κ1) is 13.8. The van der Waals surface area contributed by atoms with Gasteiger partial charge < -0.3 is 10.1 Å². The van der Waals surface area contributed by atoms with Gasteiger partial charge in [0.2, 0.25) is 5.88 Å². The number of aryl methyl sites for hydroxylation is 1. The molecule has 0 bridgehead atoms. The summed E-state index contributed by atoms with van der Waals surface area (Å²) >= 11 is 4.08. The van der Waals surface area contributed by atoms with Crippen molar-refractivity contribution in [2.45, 2.75) is 19.1 Å². The SMILES string of the molecule is CCOc1cc(NCC2CSCCS2)nc(C)n1. The first-order chi connectivity index (χ1) is 8.78. The van der Waals surface area contributed by atoms with Gasteiger partial charge in [0.15, 0.2) is 0 Å². The molecule has 0 radical (unpaired) electrons. The van der Waals surface area contributed by atoms with E-state index in [2.05, 4.69) is 15.3 Å². The van der Waals surface area contributed by atoms with E-state index in [1.807, 2.05) is 43.4 Å². The van der Waals surface area contributed by atoms with E-state index in [-0.39, 0.29) is 0 Å². The lowest BCUT2D eigenvalue weighted by Crippen LogP contribution is -2.23. The predicted octanol–water partition coefficient (Wildman–Crippen LogP) is 2.44. The fourth-order valence-electron chi connectivity index (χ4n) is 1.73. The topological polar surface area (TPSA) is 47.0 Å². The van der Waals surface area contributed by atoms with Gasteiger partial charge in [-0.15, -0.1) is 0 Å². The molecule has 1 aliphatic rings. The van der Waals surface area contributed by atoms with E-state index >= 15 is 0 Å². The van der Waals surface area contributed by atoms with Gasteiger partial charge in [-0.2, -0.15) is 28.5 Å². The van der Waals surface area contributed by atoms with Gasteiger partial charge >= 0.3 is 0 Å². The van der Waals surface area contributed by atoms with Crippen LogP contribution in [0.3, 0.4) is 0 Å². The van der Waals surface area contributed by atoms with Gasteiger partial charge in [-0.05, 0) is 13.8 Å².